The Balaban J connectivity index is 2.51. The number of para-hydroxylation sites is 1. The van der Waals surface area contributed by atoms with Gasteiger partial charge in [0.25, 0.3) is 0 Å². The molecule has 0 aromatic heterocycles. The van der Waals surface area contributed by atoms with E-state index in [1.54, 1.807) is 0 Å². The lowest BCUT2D eigenvalue weighted by molar-refractivity contribution is -0.104. The highest BCUT2D eigenvalue weighted by Crippen LogP contribution is 2.07. The summed E-state index contributed by atoms with van der Waals surface area (Å²) >= 11 is 0. The summed E-state index contributed by atoms with van der Waals surface area (Å²) in [5, 5.41) is 0. The van der Waals surface area contributed by atoms with Crippen LogP contribution < -0.4 is 4.74 Å². The van der Waals surface area contributed by atoms with Gasteiger partial charge in [-0.05, 0) is 12.1 Å². The van der Waals surface area contributed by atoms with Crippen LogP contribution in [0, 0.1) is 0 Å². The third-order valence-electron chi connectivity index (χ3n) is 1.10. The number of carbonyl (C=O) groups is 1. The molecule has 1 aromatic rings. The quantitative estimate of drug-likeness (QED) is 0.371. The minimum absolute atomic E-state index is 0.670. The summed E-state index contributed by atoms with van der Waals surface area (Å²) in [6.07, 6.45) is 3.32. The fourth-order valence-electron chi connectivity index (χ4n) is 0.649. The summed E-state index contributed by atoms with van der Waals surface area (Å²) in [6.45, 7) is 0. The largest absolute Gasteiger partial charge is 0.465 e. The van der Waals surface area contributed by atoms with Crippen molar-refractivity contribution < 1.29 is 9.53 Å². The van der Waals surface area contributed by atoms with E-state index >= 15 is 0 Å². The number of hydrogen-bond acceptors (Lipinski definition) is 2. The van der Waals surface area contributed by atoms with Crippen molar-refractivity contribution >= 4 is 6.29 Å². The molecule has 0 saturated heterocycles. The molecule has 0 fully saturated rings. The van der Waals surface area contributed by atoms with E-state index in [1.807, 2.05) is 30.3 Å². The molecule has 0 aliphatic carbocycles. The number of hydrogen-bond donors (Lipinski definition) is 0. The lowest BCUT2D eigenvalue weighted by atomic mass is 10.3. The molecule has 0 spiro atoms. The number of carbonyl (C=O) groups excluding carboxylic acids is 1. The molecule has 0 N–H and O–H groups in total. The molecule has 0 heterocycles. The second-order valence-electron chi connectivity index (χ2n) is 1.90. The van der Waals surface area contributed by atoms with Crippen molar-refractivity contribution in [3.63, 3.8) is 0 Å². The zero-order chi connectivity index (χ0) is 7.94. The first-order chi connectivity index (χ1) is 5.43. The molecule has 0 aliphatic heterocycles. The Labute approximate surface area is 65.1 Å². The Morgan fingerprint density at radius 1 is 1.18 bits per heavy atom. The molecule has 0 radical (unpaired) electrons. The Hall–Kier alpha value is -1.57. The van der Waals surface area contributed by atoms with Crippen molar-refractivity contribution in [2.24, 2.45) is 0 Å². The second kappa shape index (κ2) is 4.28. The van der Waals surface area contributed by atoms with Crippen LogP contribution in [-0.4, -0.2) is 6.29 Å². The predicted octanol–water partition coefficient (Wildman–Crippen LogP) is 1.78. The van der Waals surface area contributed by atoms with Gasteiger partial charge in [0.2, 0.25) is 0 Å². The van der Waals surface area contributed by atoms with Gasteiger partial charge < -0.3 is 4.74 Å². The highest BCUT2D eigenvalue weighted by Gasteiger charge is 1.83. The maximum absolute atomic E-state index is 9.83. The van der Waals surface area contributed by atoms with Gasteiger partial charge in [-0.1, -0.05) is 18.2 Å². The van der Waals surface area contributed by atoms with Gasteiger partial charge in [-0.2, -0.15) is 0 Å². The number of benzene rings is 1. The van der Waals surface area contributed by atoms with Crippen LogP contribution in [-0.2, 0) is 4.79 Å². The second-order valence-corrected chi connectivity index (χ2v) is 1.90. The summed E-state index contributed by atoms with van der Waals surface area (Å²) in [4.78, 5) is 9.83. The summed E-state index contributed by atoms with van der Waals surface area (Å²) in [6, 6.07) is 9.26. The maximum atomic E-state index is 9.83. The van der Waals surface area contributed by atoms with Crippen LogP contribution in [0.1, 0.15) is 0 Å². The van der Waals surface area contributed by atoms with E-state index in [9.17, 15) is 4.79 Å². The highest BCUT2D eigenvalue weighted by molar-refractivity contribution is 5.64. The lowest BCUT2D eigenvalue weighted by Gasteiger charge is -1.95. The third-order valence-corrected chi connectivity index (χ3v) is 1.10. The summed E-state index contributed by atoms with van der Waals surface area (Å²) in [5.41, 5.74) is 0. The van der Waals surface area contributed by atoms with Crippen LogP contribution in [0.5, 0.6) is 5.75 Å². The third kappa shape index (κ3) is 2.67. The van der Waals surface area contributed by atoms with Crippen LogP contribution in [0.15, 0.2) is 42.7 Å². The SMILES string of the molecule is O=C/C=C\Oc1ccccc1. The fraction of sp³-hybridized carbons (Fsp3) is 0. The molecule has 0 bridgehead atoms. The molecule has 0 atom stereocenters. The highest BCUT2D eigenvalue weighted by atomic mass is 16.5. The Bertz CT molecular complexity index is 239. The molecule has 0 saturated carbocycles. The number of ether oxygens (including phenoxy) is 1. The van der Waals surface area contributed by atoms with Crippen molar-refractivity contribution in [1.29, 1.82) is 0 Å². The summed E-state index contributed by atoms with van der Waals surface area (Å²) in [5.74, 6) is 0.727. The first-order valence-corrected chi connectivity index (χ1v) is 3.25. The van der Waals surface area contributed by atoms with Crippen LogP contribution in [0.3, 0.4) is 0 Å². The van der Waals surface area contributed by atoms with E-state index in [4.69, 9.17) is 4.74 Å². The van der Waals surface area contributed by atoms with E-state index in [1.165, 1.54) is 12.3 Å². The van der Waals surface area contributed by atoms with Gasteiger partial charge in [0, 0.05) is 6.08 Å². The normalized spacial score (nSPS) is 9.82. The lowest BCUT2D eigenvalue weighted by Crippen LogP contribution is -1.79. The minimum atomic E-state index is 0.670. The Morgan fingerprint density at radius 3 is 2.55 bits per heavy atom. The van der Waals surface area contributed by atoms with E-state index < -0.39 is 0 Å². The van der Waals surface area contributed by atoms with E-state index in [2.05, 4.69) is 0 Å². The maximum Gasteiger partial charge on any atom is 0.145 e. The van der Waals surface area contributed by atoms with Crippen molar-refractivity contribution in [1.82, 2.24) is 0 Å². The number of allylic oxidation sites excluding steroid dienone is 1. The van der Waals surface area contributed by atoms with E-state index in [0.717, 1.165) is 5.75 Å². The first-order valence-electron chi connectivity index (χ1n) is 3.25. The molecule has 0 aliphatic rings. The molecular weight excluding hydrogens is 140 g/mol. The van der Waals surface area contributed by atoms with E-state index in [-0.39, 0.29) is 0 Å². The number of aldehydes is 1. The predicted molar refractivity (Wildman–Crippen MR) is 42.3 cm³/mol. The van der Waals surface area contributed by atoms with Crippen molar-refractivity contribution in [2.75, 3.05) is 0 Å². The first kappa shape index (κ1) is 7.54. The molecule has 56 valence electrons. The molecule has 2 heteroatoms. The minimum Gasteiger partial charge on any atom is -0.465 e. The zero-order valence-corrected chi connectivity index (χ0v) is 5.94. The van der Waals surface area contributed by atoms with Crippen molar-refractivity contribution in [3.05, 3.63) is 42.7 Å². The standard InChI is InChI=1S/C9H8O2/c10-7-4-8-11-9-5-2-1-3-6-9/h1-8H/b8-4-. The van der Waals surface area contributed by atoms with Crippen molar-refractivity contribution in [2.45, 2.75) is 0 Å². The Morgan fingerprint density at radius 2 is 1.91 bits per heavy atom. The summed E-state index contributed by atoms with van der Waals surface area (Å²) in [7, 11) is 0. The molecule has 1 rings (SSSR count). The zero-order valence-electron chi connectivity index (χ0n) is 5.94. The van der Waals surface area contributed by atoms with Crippen LogP contribution >= 0.6 is 0 Å². The van der Waals surface area contributed by atoms with Gasteiger partial charge in [0.15, 0.2) is 0 Å². The smallest absolute Gasteiger partial charge is 0.145 e. The number of rotatable bonds is 3. The van der Waals surface area contributed by atoms with E-state index in [0.29, 0.717) is 6.29 Å². The van der Waals surface area contributed by atoms with Gasteiger partial charge >= 0.3 is 0 Å². The topological polar surface area (TPSA) is 26.3 Å². The monoisotopic (exact) mass is 148 g/mol. The van der Waals surface area contributed by atoms with Gasteiger partial charge in [-0.15, -0.1) is 0 Å². The van der Waals surface area contributed by atoms with Crippen LogP contribution in [0.4, 0.5) is 0 Å². The molecule has 11 heavy (non-hydrogen) atoms. The molecule has 0 unspecified atom stereocenters. The molecular formula is C9H8O2. The average molecular weight is 148 g/mol. The molecule has 1 aromatic carbocycles. The fourth-order valence-corrected chi connectivity index (χ4v) is 0.649. The van der Waals surface area contributed by atoms with Gasteiger partial charge in [-0.25, -0.2) is 0 Å². The molecule has 2 nitrogen and oxygen atoms in total. The summed E-state index contributed by atoms with van der Waals surface area (Å²) < 4.78 is 5.03. The van der Waals surface area contributed by atoms with Gasteiger partial charge in [0.1, 0.15) is 12.0 Å². The van der Waals surface area contributed by atoms with Crippen LogP contribution in [0.2, 0.25) is 0 Å². The van der Waals surface area contributed by atoms with Gasteiger partial charge in [-0.3, -0.25) is 4.79 Å². The van der Waals surface area contributed by atoms with Gasteiger partial charge in [0.05, 0.1) is 6.26 Å². The van der Waals surface area contributed by atoms with Crippen molar-refractivity contribution in [3.8, 4) is 5.75 Å². The average Bonchev–Trinajstić information content (AvgIpc) is 2.07. The van der Waals surface area contributed by atoms with Crippen LogP contribution in [0.25, 0.3) is 0 Å². The molecule has 0 amide bonds. The Kier molecular flexibility index (Phi) is 2.93.